The van der Waals surface area contributed by atoms with Gasteiger partial charge in [0, 0.05) is 5.70 Å². The monoisotopic (exact) mass is 136 g/mol. The van der Waals surface area contributed by atoms with E-state index in [1.165, 1.54) is 0 Å². The van der Waals surface area contributed by atoms with Crippen molar-refractivity contribution in [3.05, 3.63) is 36.1 Å². The summed E-state index contributed by atoms with van der Waals surface area (Å²) in [6.45, 7) is 5.74. The van der Waals surface area contributed by atoms with Crippen LogP contribution in [-0.4, -0.2) is 6.17 Å². The minimum Gasteiger partial charge on any atom is -0.366 e. The van der Waals surface area contributed by atoms with Gasteiger partial charge in [-0.25, -0.2) is 0 Å². The minimum absolute atomic E-state index is 0.0586. The Kier molecular flexibility index (Phi) is 1.92. The zero-order chi connectivity index (χ0) is 7.56. The van der Waals surface area contributed by atoms with Crippen LogP contribution in [-0.2, 0) is 0 Å². The number of hydrogen-bond donors (Lipinski definition) is 2. The van der Waals surface area contributed by atoms with Crippen LogP contribution in [0.15, 0.2) is 36.1 Å². The van der Waals surface area contributed by atoms with E-state index in [1.54, 1.807) is 0 Å². The second kappa shape index (κ2) is 2.71. The molecule has 0 saturated carbocycles. The van der Waals surface area contributed by atoms with Crippen molar-refractivity contribution in [2.75, 3.05) is 0 Å². The molecule has 0 bridgehead atoms. The Bertz CT molecular complexity index is 201. The van der Waals surface area contributed by atoms with Crippen LogP contribution in [0.4, 0.5) is 0 Å². The third kappa shape index (κ3) is 1.48. The molecule has 0 saturated heterocycles. The van der Waals surface area contributed by atoms with Gasteiger partial charge in [-0.1, -0.05) is 12.7 Å². The van der Waals surface area contributed by atoms with E-state index in [0.717, 1.165) is 11.3 Å². The van der Waals surface area contributed by atoms with Gasteiger partial charge in [0.1, 0.15) is 0 Å². The summed E-state index contributed by atoms with van der Waals surface area (Å²) in [5, 5.41) is 3.07. The molecule has 2 nitrogen and oxygen atoms in total. The maximum Gasteiger partial charge on any atom is 0.0938 e. The second-order valence-electron chi connectivity index (χ2n) is 2.42. The summed E-state index contributed by atoms with van der Waals surface area (Å²) in [7, 11) is 0. The van der Waals surface area contributed by atoms with Gasteiger partial charge in [-0.3, -0.25) is 0 Å². The van der Waals surface area contributed by atoms with E-state index >= 15 is 0 Å². The average Bonchev–Trinajstić information content (AvgIpc) is 1.88. The summed E-state index contributed by atoms with van der Waals surface area (Å²) in [6, 6.07) is 0. The molecule has 0 aromatic rings. The van der Waals surface area contributed by atoms with Crippen molar-refractivity contribution in [2.45, 2.75) is 13.1 Å². The predicted molar refractivity (Wildman–Crippen MR) is 43.1 cm³/mol. The molecular weight excluding hydrogens is 124 g/mol. The molecule has 1 rings (SSSR count). The molecular formula is C8H12N2. The molecule has 1 aliphatic rings. The molecule has 0 aromatic carbocycles. The van der Waals surface area contributed by atoms with Crippen molar-refractivity contribution in [3.63, 3.8) is 0 Å². The lowest BCUT2D eigenvalue weighted by molar-refractivity contribution is 0.696. The molecule has 0 amide bonds. The van der Waals surface area contributed by atoms with E-state index < -0.39 is 0 Å². The molecule has 10 heavy (non-hydrogen) atoms. The van der Waals surface area contributed by atoms with E-state index in [1.807, 2.05) is 25.2 Å². The highest BCUT2D eigenvalue weighted by Gasteiger charge is 2.03. The Balaban J connectivity index is 2.71. The van der Waals surface area contributed by atoms with E-state index in [4.69, 9.17) is 5.73 Å². The van der Waals surface area contributed by atoms with Gasteiger partial charge in [-0.2, -0.15) is 0 Å². The third-order valence-electron chi connectivity index (χ3n) is 1.36. The molecule has 54 valence electrons. The number of dihydropyridines is 1. The Morgan fingerprint density at radius 1 is 1.80 bits per heavy atom. The molecule has 1 aliphatic heterocycles. The molecule has 2 heteroatoms. The van der Waals surface area contributed by atoms with Gasteiger partial charge in [-0.15, -0.1) is 0 Å². The van der Waals surface area contributed by atoms with Gasteiger partial charge >= 0.3 is 0 Å². The van der Waals surface area contributed by atoms with E-state index in [2.05, 4.69) is 11.9 Å². The minimum atomic E-state index is -0.0586. The molecule has 0 aliphatic carbocycles. The van der Waals surface area contributed by atoms with Gasteiger partial charge in [0.15, 0.2) is 0 Å². The molecule has 3 N–H and O–H groups in total. The maximum absolute atomic E-state index is 5.58. The lowest BCUT2D eigenvalue weighted by Gasteiger charge is -2.17. The van der Waals surface area contributed by atoms with Crippen LogP contribution in [0.25, 0.3) is 0 Å². The average molecular weight is 136 g/mol. The SMILES string of the molecule is C=C(C)C1=CC=C[C@H](N)N1. The zero-order valence-corrected chi connectivity index (χ0v) is 6.09. The fourth-order valence-corrected chi connectivity index (χ4v) is 0.813. The fourth-order valence-electron chi connectivity index (χ4n) is 0.813. The van der Waals surface area contributed by atoms with Crippen LogP contribution in [0.2, 0.25) is 0 Å². The van der Waals surface area contributed by atoms with E-state index in [-0.39, 0.29) is 6.17 Å². The second-order valence-corrected chi connectivity index (χ2v) is 2.42. The highest BCUT2D eigenvalue weighted by atomic mass is 15.0. The normalized spacial score (nSPS) is 23.4. The van der Waals surface area contributed by atoms with Crippen molar-refractivity contribution < 1.29 is 0 Å². The van der Waals surface area contributed by atoms with E-state index in [9.17, 15) is 0 Å². The van der Waals surface area contributed by atoms with Gasteiger partial charge in [0.25, 0.3) is 0 Å². The fraction of sp³-hybridized carbons (Fsp3) is 0.250. The van der Waals surface area contributed by atoms with Crippen LogP contribution >= 0.6 is 0 Å². The molecule has 0 spiro atoms. The first kappa shape index (κ1) is 7.09. The van der Waals surface area contributed by atoms with Crippen LogP contribution < -0.4 is 11.1 Å². The summed E-state index contributed by atoms with van der Waals surface area (Å²) in [5.41, 5.74) is 7.62. The summed E-state index contributed by atoms with van der Waals surface area (Å²) >= 11 is 0. The van der Waals surface area contributed by atoms with Crippen LogP contribution in [0.3, 0.4) is 0 Å². The highest BCUT2D eigenvalue weighted by molar-refractivity contribution is 5.32. The number of allylic oxidation sites excluding steroid dienone is 3. The highest BCUT2D eigenvalue weighted by Crippen LogP contribution is 2.06. The maximum atomic E-state index is 5.58. The lowest BCUT2D eigenvalue weighted by atomic mass is 10.2. The summed E-state index contributed by atoms with van der Waals surface area (Å²) in [4.78, 5) is 0. The number of hydrogen-bond acceptors (Lipinski definition) is 2. The smallest absolute Gasteiger partial charge is 0.0938 e. The zero-order valence-electron chi connectivity index (χ0n) is 6.09. The first-order valence-corrected chi connectivity index (χ1v) is 3.26. The first-order chi connectivity index (χ1) is 4.70. The Morgan fingerprint density at radius 2 is 2.50 bits per heavy atom. The number of nitrogens with two attached hydrogens (primary N) is 1. The molecule has 1 atom stereocenters. The van der Waals surface area contributed by atoms with Gasteiger partial charge < -0.3 is 11.1 Å². The summed E-state index contributed by atoms with van der Waals surface area (Å²) in [5.74, 6) is 0. The van der Waals surface area contributed by atoms with E-state index in [0.29, 0.717) is 0 Å². The van der Waals surface area contributed by atoms with Gasteiger partial charge in [-0.05, 0) is 24.6 Å². The number of rotatable bonds is 1. The van der Waals surface area contributed by atoms with Crippen molar-refractivity contribution in [2.24, 2.45) is 5.73 Å². The molecule has 1 heterocycles. The molecule has 0 aromatic heterocycles. The summed E-state index contributed by atoms with van der Waals surface area (Å²) in [6.07, 6.45) is 5.74. The Hall–Kier alpha value is -1.02. The Morgan fingerprint density at radius 3 is 2.90 bits per heavy atom. The van der Waals surface area contributed by atoms with Crippen molar-refractivity contribution in [3.8, 4) is 0 Å². The van der Waals surface area contributed by atoms with Crippen LogP contribution in [0.1, 0.15) is 6.92 Å². The molecule has 0 fully saturated rings. The van der Waals surface area contributed by atoms with Crippen LogP contribution in [0, 0.1) is 0 Å². The van der Waals surface area contributed by atoms with Crippen molar-refractivity contribution >= 4 is 0 Å². The van der Waals surface area contributed by atoms with Gasteiger partial charge in [0.2, 0.25) is 0 Å². The van der Waals surface area contributed by atoms with Crippen LogP contribution in [0.5, 0.6) is 0 Å². The molecule has 0 unspecified atom stereocenters. The quantitative estimate of drug-likeness (QED) is 0.562. The standard InChI is InChI=1S/C8H12N2/c1-6(2)7-4-3-5-8(9)10-7/h3-5,8,10H,1,9H2,2H3/t8-/m1/s1. The first-order valence-electron chi connectivity index (χ1n) is 3.26. The predicted octanol–water partition coefficient (Wildman–Crippen LogP) is 0.891. The number of nitrogens with one attached hydrogen (secondary N) is 1. The van der Waals surface area contributed by atoms with Gasteiger partial charge in [0.05, 0.1) is 6.17 Å². The van der Waals surface area contributed by atoms with Crippen molar-refractivity contribution in [1.82, 2.24) is 5.32 Å². The Labute approximate surface area is 61.1 Å². The molecule has 0 radical (unpaired) electrons. The summed E-state index contributed by atoms with van der Waals surface area (Å²) < 4.78 is 0. The lowest BCUT2D eigenvalue weighted by Crippen LogP contribution is -2.36. The largest absolute Gasteiger partial charge is 0.366 e. The topological polar surface area (TPSA) is 38.0 Å². The third-order valence-corrected chi connectivity index (χ3v) is 1.36. The van der Waals surface area contributed by atoms with Crippen molar-refractivity contribution in [1.29, 1.82) is 0 Å².